The van der Waals surface area contributed by atoms with Gasteiger partial charge in [0.15, 0.2) is 5.75 Å². The van der Waals surface area contributed by atoms with Gasteiger partial charge >= 0.3 is 0 Å². The van der Waals surface area contributed by atoms with Gasteiger partial charge in [-0.1, -0.05) is 47.5 Å². The molecule has 0 aliphatic rings. The quantitative estimate of drug-likeness (QED) is 0.678. The lowest BCUT2D eigenvalue weighted by atomic mass is 10.1. The van der Waals surface area contributed by atoms with Crippen LogP contribution < -0.4 is 5.32 Å². The Labute approximate surface area is 132 Å². The minimum atomic E-state index is -0.101. The van der Waals surface area contributed by atoms with Crippen LogP contribution >= 0.6 is 23.2 Å². The zero-order valence-corrected chi connectivity index (χ0v) is 12.5. The molecule has 2 N–H and O–H groups in total. The average molecular weight is 319 g/mol. The smallest absolute Gasteiger partial charge is 0.152 e. The Hall–Kier alpha value is -1.97. The Morgan fingerprint density at radius 3 is 2.52 bits per heavy atom. The van der Waals surface area contributed by atoms with Crippen molar-refractivity contribution in [3.05, 3.63) is 64.3 Å². The molecular weight excluding hydrogens is 307 g/mol. The normalized spacial score (nSPS) is 10.8. The molecule has 3 nitrogen and oxygen atoms in total. The Bertz CT molecular complexity index is 777. The standard InChI is InChI=1S/C16H12Cl2N2O/c17-13-7-12(8-14(18)16(13)21)20-9-11-4-1-3-10-5-2-6-19-15(10)11/h1-8,20-21H,9H2. The Balaban J connectivity index is 1.87. The van der Waals surface area contributed by atoms with E-state index in [0.717, 1.165) is 22.2 Å². The van der Waals surface area contributed by atoms with Gasteiger partial charge in [-0.3, -0.25) is 4.98 Å². The molecule has 0 spiro atoms. The molecule has 106 valence electrons. The highest BCUT2D eigenvalue weighted by Gasteiger charge is 2.07. The van der Waals surface area contributed by atoms with Gasteiger partial charge in [-0.2, -0.15) is 0 Å². The number of aromatic nitrogens is 1. The Kier molecular flexibility index (Phi) is 3.86. The molecule has 5 heteroatoms. The second-order valence-electron chi connectivity index (χ2n) is 4.63. The maximum atomic E-state index is 9.56. The van der Waals surface area contributed by atoms with E-state index in [4.69, 9.17) is 23.2 Å². The highest BCUT2D eigenvalue weighted by atomic mass is 35.5. The van der Waals surface area contributed by atoms with Gasteiger partial charge < -0.3 is 10.4 Å². The predicted molar refractivity (Wildman–Crippen MR) is 87.2 cm³/mol. The number of fused-ring (bicyclic) bond motifs is 1. The van der Waals surface area contributed by atoms with Crippen molar-refractivity contribution < 1.29 is 5.11 Å². The number of phenols is 1. The van der Waals surface area contributed by atoms with Gasteiger partial charge in [0.25, 0.3) is 0 Å². The van der Waals surface area contributed by atoms with E-state index in [1.807, 2.05) is 30.3 Å². The summed E-state index contributed by atoms with van der Waals surface area (Å²) < 4.78 is 0. The number of anilines is 1. The predicted octanol–water partition coefficient (Wildman–Crippen LogP) is 4.86. The molecule has 3 aromatic rings. The van der Waals surface area contributed by atoms with Crippen molar-refractivity contribution in [3.8, 4) is 5.75 Å². The SMILES string of the molecule is Oc1c(Cl)cc(NCc2cccc3cccnc23)cc1Cl. The first-order valence-electron chi connectivity index (χ1n) is 6.39. The van der Waals surface area contributed by atoms with Crippen LogP contribution in [0, 0.1) is 0 Å². The minimum absolute atomic E-state index is 0.101. The zero-order chi connectivity index (χ0) is 14.8. The summed E-state index contributed by atoms with van der Waals surface area (Å²) in [6.45, 7) is 0.589. The van der Waals surface area contributed by atoms with Crippen molar-refractivity contribution in [1.82, 2.24) is 4.98 Å². The highest BCUT2D eigenvalue weighted by molar-refractivity contribution is 6.37. The fourth-order valence-electron chi connectivity index (χ4n) is 2.17. The van der Waals surface area contributed by atoms with Crippen molar-refractivity contribution in [2.45, 2.75) is 6.54 Å². The van der Waals surface area contributed by atoms with Gasteiger partial charge in [0, 0.05) is 23.8 Å². The number of para-hydroxylation sites is 1. The van der Waals surface area contributed by atoms with E-state index in [1.165, 1.54) is 0 Å². The lowest BCUT2D eigenvalue weighted by molar-refractivity contribution is 0.476. The fourth-order valence-corrected chi connectivity index (χ4v) is 2.66. The number of hydrogen-bond donors (Lipinski definition) is 2. The van der Waals surface area contributed by atoms with Crippen molar-refractivity contribution in [3.63, 3.8) is 0 Å². The monoisotopic (exact) mass is 318 g/mol. The van der Waals surface area contributed by atoms with Crippen molar-refractivity contribution in [2.75, 3.05) is 5.32 Å². The molecule has 0 saturated heterocycles. The number of aromatic hydroxyl groups is 1. The molecule has 0 saturated carbocycles. The van der Waals surface area contributed by atoms with Crippen molar-refractivity contribution >= 4 is 39.8 Å². The molecule has 1 heterocycles. The van der Waals surface area contributed by atoms with Gasteiger partial charge in [0.05, 0.1) is 15.6 Å². The number of phenolic OH excluding ortho intramolecular Hbond substituents is 1. The second kappa shape index (κ2) is 5.80. The maximum absolute atomic E-state index is 9.56. The number of nitrogens with zero attached hydrogens (tertiary/aromatic N) is 1. The van der Waals surface area contributed by atoms with Crippen LogP contribution in [-0.4, -0.2) is 10.1 Å². The summed E-state index contributed by atoms with van der Waals surface area (Å²) in [4.78, 5) is 4.41. The molecule has 2 aromatic carbocycles. The summed E-state index contributed by atoms with van der Waals surface area (Å²) in [6, 6.07) is 13.3. The molecule has 0 bridgehead atoms. The maximum Gasteiger partial charge on any atom is 0.152 e. The molecule has 0 aliphatic heterocycles. The molecule has 0 amide bonds. The van der Waals surface area contributed by atoms with E-state index in [0.29, 0.717) is 6.54 Å². The summed E-state index contributed by atoms with van der Waals surface area (Å²) in [5.41, 5.74) is 2.78. The van der Waals surface area contributed by atoms with E-state index in [1.54, 1.807) is 18.3 Å². The first-order chi connectivity index (χ1) is 10.1. The summed E-state index contributed by atoms with van der Waals surface area (Å²) >= 11 is 11.8. The van der Waals surface area contributed by atoms with Gasteiger partial charge in [-0.25, -0.2) is 0 Å². The molecule has 0 aliphatic carbocycles. The number of halogens is 2. The third-order valence-corrected chi connectivity index (χ3v) is 3.79. The lowest BCUT2D eigenvalue weighted by Crippen LogP contribution is -2.01. The van der Waals surface area contributed by atoms with Crippen molar-refractivity contribution in [2.24, 2.45) is 0 Å². The number of hydrogen-bond acceptors (Lipinski definition) is 3. The van der Waals surface area contributed by atoms with Crippen LogP contribution in [0.1, 0.15) is 5.56 Å². The second-order valence-corrected chi connectivity index (χ2v) is 5.45. The average Bonchev–Trinajstić information content (AvgIpc) is 2.50. The number of rotatable bonds is 3. The van der Waals surface area contributed by atoms with Crippen LogP contribution in [0.5, 0.6) is 5.75 Å². The fraction of sp³-hybridized carbons (Fsp3) is 0.0625. The van der Waals surface area contributed by atoms with Crippen LogP contribution in [0.3, 0.4) is 0 Å². The highest BCUT2D eigenvalue weighted by Crippen LogP contribution is 2.34. The largest absolute Gasteiger partial charge is 0.505 e. The van der Waals surface area contributed by atoms with E-state index >= 15 is 0 Å². The van der Waals surface area contributed by atoms with Crippen LogP contribution in [0.4, 0.5) is 5.69 Å². The molecule has 3 rings (SSSR count). The third-order valence-electron chi connectivity index (χ3n) is 3.22. The summed E-state index contributed by atoms with van der Waals surface area (Å²) in [6.07, 6.45) is 1.78. The molecule has 21 heavy (non-hydrogen) atoms. The molecule has 1 aromatic heterocycles. The number of pyridine rings is 1. The topological polar surface area (TPSA) is 45.1 Å². The van der Waals surface area contributed by atoms with Crippen molar-refractivity contribution in [1.29, 1.82) is 0 Å². The first-order valence-corrected chi connectivity index (χ1v) is 7.15. The molecule has 0 radical (unpaired) electrons. The van der Waals surface area contributed by atoms with Gasteiger partial charge in [0.2, 0.25) is 0 Å². The summed E-state index contributed by atoms with van der Waals surface area (Å²) in [5.74, 6) is -0.101. The van der Waals surface area contributed by atoms with Crippen LogP contribution in [0.2, 0.25) is 10.0 Å². The molecule has 0 atom stereocenters. The molecule has 0 fully saturated rings. The van der Waals surface area contributed by atoms with Gasteiger partial charge in [-0.05, 0) is 23.8 Å². The third kappa shape index (κ3) is 2.89. The summed E-state index contributed by atoms with van der Waals surface area (Å²) in [7, 11) is 0. The van der Waals surface area contributed by atoms with E-state index in [-0.39, 0.29) is 15.8 Å². The van der Waals surface area contributed by atoms with E-state index < -0.39 is 0 Å². The van der Waals surface area contributed by atoms with Gasteiger partial charge in [-0.15, -0.1) is 0 Å². The lowest BCUT2D eigenvalue weighted by Gasteiger charge is -2.10. The Morgan fingerprint density at radius 2 is 1.76 bits per heavy atom. The Morgan fingerprint density at radius 1 is 1.05 bits per heavy atom. The van der Waals surface area contributed by atoms with E-state index in [9.17, 15) is 5.11 Å². The van der Waals surface area contributed by atoms with Crippen LogP contribution in [0.15, 0.2) is 48.7 Å². The summed E-state index contributed by atoms with van der Waals surface area (Å²) in [5, 5.41) is 14.3. The first kappa shape index (κ1) is 14.0. The van der Waals surface area contributed by atoms with Gasteiger partial charge in [0.1, 0.15) is 0 Å². The van der Waals surface area contributed by atoms with Crippen LogP contribution in [-0.2, 0) is 6.54 Å². The minimum Gasteiger partial charge on any atom is -0.505 e. The molecule has 0 unspecified atom stereocenters. The number of nitrogens with one attached hydrogen (secondary N) is 1. The van der Waals surface area contributed by atoms with E-state index in [2.05, 4.69) is 10.3 Å². The number of benzene rings is 2. The zero-order valence-electron chi connectivity index (χ0n) is 11.0. The molecular formula is C16H12Cl2N2O. The van der Waals surface area contributed by atoms with Crippen LogP contribution in [0.25, 0.3) is 10.9 Å².